The Labute approximate surface area is 155 Å². The van der Waals surface area contributed by atoms with Gasteiger partial charge in [-0.05, 0) is 36.4 Å². The van der Waals surface area contributed by atoms with E-state index in [1.54, 1.807) is 41.9 Å². The van der Waals surface area contributed by atoms with Gasteiger partial charge in [0.05, 0.1) is 30.7 Å². The van der Waals surface area contributed by atoms with Crippen LogP contribution in [0.2, 0.25) is 0 Å². The largest absolute Gasteiger partial charge is 0.495 e. The molecule has 27 heavy (non-hydrogen) atoms. The first-order valence-corrected chi connectivity index (χ1v) is 8.12. The van der Waals surface area contributed by atoms with Crippen molar-refractivity contribution in [3.05, 3.63) is 70.0 Å². The second kappa shape index (κ2) is 7.33. The standard InChI is InChI=1S/C20H18N2O5/c1-22-11-15(18(23)14-5-4-6-16(26-2)17(14)22)19(24)21-13-9-7-12(8-10-13)20(25)27-3/h4-11H,1-3H3,(H,21,24). The van der Waals surface area contributed by atoms with Crippen LogP contribution in [0.15, 0.2) is 53.5 Å². The molecule has 3 rings (SSSR count). The van der Waals surface area contributed by atoms with Gasteiger partial charge in [-0.15, -0.1) is 0 Å². The molecule has 3 aromatic rings. The minimum absolute atomic E-state index is 0.00953. The highest BCUT2D eigenvalue weighted by Crippen LogP contribution is 2.23. The van der Waals surface area contributed by atoms with Crippen LogP contribution in [-0.2, 0) is 11.8 Å². The summed E-state index contributed by atoms with van der Waals surface area (Å²) in [5, 5.41) is 3.06. The van der Waals surface area contributed by atoms with E-state index in [4.69, 9.17) is 4.74 Å². The number of methoxy groups -OCH3 is 2. The molecule has 1 heterocycles. The zero-order chi connectivity index (χ0) is 19.6. The van der Waals surface area contributed by atoms with E-state index in [2.05, 4.69) is 10.1 Å². The number of pyridine rings is 1. The molecule has 0 radical (unpaired) electrons. The lowest BCUT2D eigenvalue weighted by molar-refractivity contribution is 0.0600. The number of ether oxygens (including phenoxy) is 2. The summed E-state index contributed by atoms with van der Waals surface area (Å²) in [6.07, 6.45) is 1.48. The molecule has 1 N–H and O–H groups in total. The molecule has 1 amide bonds. The number of amides is 1. The lowest BCUT2D eigenvalue weighted by Gasteiger charge is -2.12. The van der Waals surface area contributed by atoms with Gasteiger partial charge in [0.2, 0.25) is 5.43 Å². The van der Waals surface area contributed by atoms with Gasteiger partial charge in [0, 0.05) is 18.9 Å². The van der Waals surface area contributed by atoms with E-state index in [0.717, 1.165) is 0 Å². The number of carbonyl (C=O) groups excluding carboxylic acids is 2. The fourth-order valence-electron chi connectivity index (χ4n) is 2.86. The van der Waals surface area contributed by atoms with Crippen molar-refractivity contribution in [2.75, 3.05) is 19.5 Å². The van der Waals surface area contributed by atoms with Gasteiger partial charge in [0.15, 0.2) is 0 Å². The highest BCUT2D eigenvalue weighted by atomic mass is 16.5. The number of hydrogen-bond donors (Lipinski definition) is 1. The molecule has 0 aliphatic heterocycles. The quantitative estimate of drug-likeness (QED) is 0.717. The Morgan fingerprint density at radius 3 is 2.37 bits per heavy atom. The first kappa shape index (κ1) is 18.2. The lowest BCUT2D eigenvalue weighted by atomic mass is 10.1. The Kier molecular flexibility index (Phi) is 4.94. The van der Waals surface area contributed by atoms with E-state index in [-0.39, 0.29) is 11.0 Å². The number of esters is 1. The van der Waals surface area contributed by atoms with E-state index >= 15 is 0 Å². The first-order chi connectivity index (χ1) is 13.0. The SMILES string of the molecule is COC(=O)c1ccc(NC(=O)c2cn(C)c3c(OC)cccc3c2=O)cc1. The van der Waals surface area contributed by atoms with Crippen LogP contribution in [-0.4, -0.2) is 30.7 Å². The van der Waals surface area contributed by atoms with Crippen molar-refractivity contribution in [1.82, 2.24) is 4.57 Å². The third-order valence-corrected chi connectivity index (χ3v) is 4.19. The molecule has 0 spiro atoms. The molecule has 7 nitrogen and oxygen atoms in total. The number of para-hydroxylation sites is 1. The van der Waals surface area contributed by atoms with Gasteiger partial charge in [0.25, 0.3) is 5.91 Å². The highest BCUT2D eigenvalue weighted by Gasteiger charge is 2.17. The second-order valence-electron chi connectivity index (χ2n) is 5.86. The molecule has 0 atom stereocenters. The van der Waals surface area contributed by atoms with E-state index in [1.165, 1.54) is 32.5 Å². The number of carbonyl (C=O) groups is 2. The Morgan fingerprint density at radius 1 is 1.04 bits per heavy atom. The average Bonchev–Trinajstić information content (AvgIpc) is 2.69. The Bertz CT molecular complexity index is 1080. The normalized spacial score (nSPS) is 10.5. The van der Waals surface area contributed by atoms with Crippen LogP contribution in [0.25, 0.3) is 10.9 Å². The number of nitrogens with zero attached hydrogens (tertiary/aromatic N) is 1. The summed E-state index contributed by atoms with van der Waals surface area (Å²) in [6.45, 7) is 0. The molecular formula is C20H18N2O5. The van der Waals surface area contributed by atoms with E-state index in [0.29, 0.717) is 27.9 Å². The number of aromatic nitrogens is 1. The van der Waals surface area contributed by atoms with Crippen LogP contribution in [0, 0.1) is 0 Å². The van der Waals surface area contributed by atoms with Crippen LogP contribution in [0.1, 0.15) is 20.7 Å². The molecule has 0 aliphatic carbocycles. The van der Waals surface area contributed by atoms with Gasteiger partial charge >= 0.3 is 5.97 Å². The van der Waals surface area contributed by atoms with E-state index < -0.39 is 11.9 Å². The summed E-state index contributed by atoms with van der Waals surface area (Å²) in [6, 6.07) is 11.3. The summed E-state index contributed by atoms with van der Waals surface area (Å²) < 4.78 is 11.6. The molecule has 0 fully saturated rings. The lowest BCUT2D eigenvalue weighted by Crippen LogP contribution is -2.23. The van der Waals surface area contributed by atoms with Gasteiger partial charge in [-0.1, -0.05) is 6.07 Å². The fraction of sp³-hybridized carbons (Fsp3) is 0.150. The summed E-state index contributed by atoms with van der Waals surface area (Å²) in [4.78, 5) is 36.8. The van der Waals surface area contributed by atoms with Crippen molar-refractivity contribution in [3.8, 4) is 5.75 Å². The molecule has 7 heteroatoms. The predicted molar refractivity (Wildman–Crippen MR) is 101 cm³/mol. The maximum atomic E-state index is 12.8. The summed E-state index contributed by atoms with van der Waals surface area (Å²) in [5.41, 5.74) is 1.06. The zero-order valence-electron chi connectivity index (χ0n) is 15.1. The number of hydrogen-bond acceptors (Lipinski definition) is 5. The topological polar surface area (TPSA) is 86.6 Å². The smallest absolute Gasteiger partial charge is 0.337 e. The molecule has 0 aliphatic rings. The molecule has 0 unspecified atom stereocenters. The summed E-state index contributed by atoms with van der Waals surface area (Å²) >= 11 is 0. The van der Waals surface area contributed by atoms with Crippen molar-refractivity contribution >= 4 is 28.5 Å². The van der Waals surface area contributed by atoms with Crippen molar-refractivity contribution in [2.24, 2.45) is 7.05 Å². The molecule has 1 aromatic heterocycles. The van der Waals surface area contributed by atoms with Crippen molar-refractivity contribution in [1.29, 1.82) is 0 Å². The molecule has 0 saturated carbocycles. The minimum Gasteiger partial charge on any atom is -0.495 e. The van der Waals surface area contributed by atoms with E-state index in [9.17, 15) is 14.4 Å². The molecule has 0 saturated heterocycles. The fourth-order valence-corrected chi connectivity index (χ4v) is 2.86. The number of rotatable bonds is 4. The highest BCUT2D eigenvalue weighted by molar-refractivity contribution is 6.06. The predicted octanol–water partition coefficient (Wildman–Crippen LogP) is 2.59. The minimum atomic E-state index is -0.536. The van der Waals surface area contributed by atoms with Crippen LogP contribution >= 0.6 is 0 Å². The Morgan fingerprint density at radius 2 is 1.74 bits per heavy atom. The van der Waals surface area contributed by atoms with Gasteiger partial charge in [0.1, 0.15) is 11.3 Å². The average molecular weight is 366 g/mol. The molecule has 138 valence electrons. The van der Waals surface area contributed by atoms with Gasteiger partial charge in [-0.3, -0.25) is 9.59 Å². The first-order valence-electron chi connectivity index (χ1n) is 8.12. The van der Waals surface area contributed by atoms with E-state index in [1.807, 2.05) is 0 Å². The summed E-state index contributed by atoms with van der Waals surface area (Å²) in [5.74, 6) is -0.450. The van der Waals surface area contributed by atoms with Crippen LogP contribution in [0.4, 0.5) is 5.69 Å². The van der Waals surface area contributed by atoms with Gasteiger partial charge in [-0.2, -0.15) is 0 Å². The summed E-state index contributed by atoms with van der Waals surface area (Å²) in [7, 11) is 4.56. The van der Waals surface area contributed by atoms with Crippen molar-refractivity contribution in [2.45, 2.75) is 0 Å². The van der Waals surface area contributed by atoms with Gasteiger partial charge in [-0.25, -0.2) is 4.79 Å². The number of aryl methyl sites for hydroxylation is 1. The third kappa shape index (κ3) is 3.39. The van der Waals surface area contributed by atoms with Crippen LogP contribution in [0.5, 0.6) is 5.75 Å². The number of fused-ring (bicyclic) bond motifs is 1. The monoisotopic (exact) mass is 366 g/mol. The Hall–Kier alpha value is -3.61. The van der Waals surface area contributed by atoms with Gasteiger partial charge < -0.3 is 19.4 Å². The number of benzene rings is 2. The maximum Gasteiger partial charge on any atom is 0.337 e. The molecule has 0 bridgehead atoms. The Balaban J connectivity index is 1.96. The number of nitrogens with one attached hydrogen (secondary N) is 1. The molecular weight excluding hydrogens is 348 g/mol. The van der Waals surface area contributed by atoms with Crippen molar-refractivity contribution in [3.63, 3.8) is 0 Å². The van der Waals surface area contributed by atoms with Crippen LogP contribution < -0.4 is 15.5 Å². The third-order valence-electron chi connectivity index (χ3n) is 4.19. The molecule has 2 aromatic carbocycles. The maximum absolute atomic E-state index is 12.8. The second-order valence-corrected chi connectivity index (χ2v) is 5.86. The zero-order valence-corrected chi connectivity index (χ0v) is 15.1. The number of anilines is 1. The van der Waals surface area contributed by atoms with Crippen molar-refractivity contribution < 1.29 is 19.1 Å². The van der Waals surface area contributed by atoms with Crippen LogP contribution in [0.3, 0.4) is 0 Å².